The van der Waals surface area contributed by atoms with E-state index in [-0.39, 0.29) is 11.8 Å². The van der Waals surface area contributed by atoms with Crippen LogP contribution in [0.15, 0.2) is 60.7 Å². The summed E-state index contributed by atoms with van der Waals surface area (Å²) in [6.07, 6.45) is 0. The number of hydrogen-bond donors (Lipinski definition) is 2. The molecule has 1 aromatic carbocycles. The van der Waals surface area contributed by atoms with Gasteiger partial charge in [-0.2, -0.15) is 0 Å². The first-order valence-corrected chi connectivity index (χ1v) is 19.5. The molecule has 0 aliphatic heterocycles. The Kier molecular flexibility index (Phi) is 9.41. The lowest BCUT2D eigenvalue weighted by Gasteiger charge is -2.09. The van der Waals surface area contributed by atoms with Gasteiger partial charge in [0.25, 0.3) is 11.8 Å². The highest BCUT2D eigenvalue weighted by molar-refractivity contribution is 6.84. The van der Waals surface area contributed by atoms with Crippen molar-refractivity contribution in [3.63, 3.8) is 0 Å². The molecule has 0 saturated heterocycles. The quantitative estimate of drug-likeness (QED) is 0.349. The summed E-state index contributed by atoms with van der Waals surface area (Å²) in [5, 5.41) is 5.83. The van der Waals surface area contributed by atoms with E-state index in [4.69, 9.17) is 0 Å². The molecule has 0 unspecified atom stereocenters. The van der Waals surface area contributed by atoms with Crippen LogP contribution in [0, 0.1) is 22.9 Å². The maximum atomic E-state index is 12.7. The Morgan fingerprint density at radius 2 is 1.05 bits per heavy atom. The first kappa shape index (κ1) is 28.6. The number of pyridine rings is 2. The summed E-state index contributed by atoms with van der Waals surface area (Å²) in [6, 6.07) is 18.3. The molecule has 2 heterocycles. The number of benzene rings is 1. The van der Waals surface area contributed by atoms with Gasteiger partial charge in [0.15, 0.2) is 0 Å². The fraction of sp³-hybridized carbons (Fsp3) is 0.267. The zero-order valence-corrected chi connectivity index (χ0v) is 24.9. The van der Waals surface area contributed by atoms with Gasteiger partial charge in [0.05, 0.1) is 0 Å². The number of aromatic nitrogens is 2. The molecule has 8 heteroatoms. The van der Waals surface area contributed by atoms with Crippen LogP contribution in [-0.4, -0.2) is 37.9 Å². The molecule has 3 rings (SSSR count). The molecule has 2 amide bonds. The normalized spacial score (nSPS) is 10.9. The largest absolute Gasteiger partial charge is 0.347 e. The van der Waals surface area contributed by atoms with Gasteiger partial charge in [0.2, 0.25) is 0 Å². The Hall–Kier alpha value is -3.99. The molecule has 2 aromatic heterocycles. The summed E-state index contributed by atoms with van der Waals surface area (Å²) >= 11 is 0. The lowest BCUT2D eigenvalue weighted by molar-refractivity contribution is 0.0938. The summed E-state index contributed by atoms with van der Waals surface area (Å²) in [6.45, 7) is 13.7. The van der Waals surface area contributed by atoms with Crippen molar-refractivity contribution in [3.05, 3.63) is 94.6 Å². The van der Waals surface area contributed by atoms with Crippen molar-refractivity contribution in [1.82, 2.24) is 20.6 Å². The smallest absolute Gasteiger partial charge is 0.270 e. The molecule has 0 saturated carbocycles. The summed E-state index contributed by atoms with van der Waals surface area (Å²) in [5.41, 5.74) is 10.2. The number of hydrogen-bond acceptors (Lipinski definition) is 4. The van der Waals surface area contributed by atoms with E-state index in [0.29, 0.717) is 35.9 Å². The molecule has 0 fully saturated rings. The standard InChI is InChI=1S/C30H34N4O2Si2/c1-37(2,3)18-16-25-12-8-14-27(33-25)29(35)31-21-23-10-7-11-24(20-23)22-32-30(36)28-15-9-13-26(34-28)17-19-38(4,5)6/h7-15,20H,21-22H2,1-6H3,(H,31,35)(H,32,36). The van der Waals surface area contributed by atoms with Crippen LogP contribution >= 0.6 is 0 Å². The zero-order chi connectivity index (χ0) is 27.8. The number of carbonyl (C=O) groups is 2. The van der Waals surface area contributed by atoms with Crippen LogP contribution in [0.5, 0.6) is 0 Å². The molecule has 0 atom stereocenters. The lowest BCUT2D eigenvalue weighted by Crippen LogP contribution is -2.25. The van der Waals surface area contributed by atoms with Crippen LogP contribution in [0.25, 0.3) is 0 Å². The van der Waals surface area contributed by atoms with Gasteiger partial charge in [-0.3, -0.25) is 9.59 Å². The van der Waals surface area contributed by atoms with E-state index in [1.54, 1.807) is 24.3 Å². The number of carbonyl (C=O) groups excluding carboxylic acids is 2. The van der Waals surface area contributed by atoms with Gasteiger partial charge in [0, 0.05) is 13.1 Å². The van der Waals surface area contributed by atoms with E-state index in [1.165, 1.54) is 0 Å². The van der Waals surface area contributed by atoms with Crippen molar-refractivity contribution in [2.75, 3.05) is 0 Å². The average molecular weight is 539 g/mol. The molecule has 0 aliphatic carbocycles. The third-order valence-electron chi connectivity index (χ3n) is 4.99. The molecule has 38 heavy (non-hydrogen) atoms. The Labute approximate surface area is 227 Å². The number of nitrogens with zero attached hydrogens (tertiary/aromatic N) is 2. The fourth-order valence-electron chi connectivity index (χ4n) is 3.16. The molecular formula is C30H34N4O2Si2. The van der Waals surface area contributed by atoms with E-state index in [2.05, 4.69) is 82.8 Å². The topological polar surface area (TPSA) is 84.0 Å². The van der Waals surface area contributed by atoms with Gasteiger partial charge in [0.1, 0.15) is 38.9 Å². The number of rotatable bonds is 6. The third-order valence-corrected chi connectivity index (χ3v) is 6.74. The van der Waals surface area contributed by atoms with E-state index in [9.17, 15) is 9.59 Å². The van der Waals surface area contributed by atoms with Crippen molar-refractivity contribution in [2.24, 2.45) is 0 Å². The summed E-state index contributed by atoms with van der Waals surface area (Å²) < 4.78 is 0. The zero-order valence-electron chi connectivity index (χ0n) is 22.9. The van der Waals surface area contributed by atoms with Crippen molar-refractivity contribution < 1.29 is 9.59 Å². The summed E-state index contributed by atoms with van der Waals surface area (Å²) in [4.78, 5) is 34.1. The van der Waals surface area contributed by atoms with E-state index in [1.807, 2.05) is 36.4 Å². The Morgan fingerprint density at radius 1 is 0.658 bits per heavy atom. The minimum atomic E-state index is -1.53. The monoisotopic (exact) mass is 538 g/mol. The van der Waals surface area contributed by atoms with Gasteiger partial charge in [-0.25, -0.2) is 9.97 Å². The Bertz CT molecular complexity index is 1340. The molecule has 3 aromatic rings. The van der Waals surface area contributed by atoms with Crippen LogP contribution < -0.4 is 10.6 Å². The Morgan fingerprint density at radius 3 is 1.45 bits per heavy atom. The predicted octanol–water partition coefficient (Wildman–Crippen LogP) is 4.79. The van der Waals surface area contributed by atoms with Crippen molar-refractivity contribution in [1.29, 1.82) is 0 Å². The maximum absolute atomic E-state index is 12.7. The second kappa shape index (κ2) is 12.5. The molecule has 0 aliphatic rings. The van der Waals surface area contributed by atoms with Crippen molar-refractivity contribution in [2.45, 2.75) is 52.4 Å². The fourth-order valence-corrected chi connectivity index (χ4v) is 4.17. The van der Waals surface area contributed by atoms with Gasteiger partial charge in [-0.15, -0.1) is 11.1 Å². The van der Waals surface area contributed by atoms with Gasteiger partial charge in [-0.1, -0.05) is 87.5 Å². The average Bonchev–Trinajstić information content (AvgIpc) is 2.88. The molecule has 194 valence electrons. The molecular weight excluding hydrogens is 505 g/mol. The third kappa shape index (κ3) is 9.81. The summed E-state index contributed by atoms with van der Waals surface area (Å²) in [5.74, 6) is 5.65. The second-order valence-electron chi connectivity index (χ2n) is 11.0. The highest BCUT2D eigenvalue weighted by atomic mass is 28.3. The molecule has 6 nitrogen and oxygen atoms in total. The number of nitrogens with one attached hydrogen (secondary N) is 2. The summed E-state index contributed by atoms with van der Waals surface area (Å²) in [7, 11) is -3.06. The number of amides is 2. The van der Waals surface area contributed by atoms with E-state index < -0.39 is 16.1 Å². The minimum Gasteiger partial charge on any atom is -0.347 e. The highest BCUT2D eigenvalue weighted by Gasteiger charge is 2.11. The molecule has 2 N–H and O–H groups in total. The lowest BCUT2D eigenvalue weighted by atomic mass is 10.1. The van der Waals surface area contributed by atoms with Crippen LogP contribution in [0.4, 0.5) is 0 Å². The Balaban J connectivity index is 1.58. The van der Waals surface area contributed by atoms with Gasteiger partial charge >= 0.3 is 0 Å². The minimum absolute atomic E-state index is 0.261. The molecule has 0 bridgehead atoms. The van der Waals surface area contributed by atoms with E-state index >= 15 is 0 Å². The molecule has 0 radical (unpaired) electrons. The predicted molar refractivity (Wildman–Crippen MR) is 158 cm³/mol. The molecule has 0 spiro atoms. The van der Waals surface area contributed by atoms with Crippen molar-refractivity contribution >= 4 is 28.0 Å². The van der Waals surface area contributed by atoms with Gasteiger partial charge in [-0.05, 0) is 35.4 Å². The van der Waals surface area contributed by atoms with Crippen LogP contribution in [-0.2, 0) is 13.1 Å². The maximum Gasteiger partial charge on any atom is 0.270 e. The highest BCUT2D eigenvalue weighted by Crippen LogP contribution is 2.08. The van der Waals surface area contributed by atoms with Crippen LogP contribution in [0.2, 0.25) is 39.3 Å². The van der Waals surface area contributed by atoms with Crippen LogP contribution in [0.3, 0.4) is 0 Å². The van der Waals surface area contributed by atoms with Gasteiger partial charge < -0.3 is 10.6 Å². The first-order valence-electron chi connectivity index (χ1n) is 12.5. The second-order valence-corrected chi connectivity index (χ2v) is 20.5. The first-order chi connectivity index (χ1) is 17.9. The van der Waals surface area contributed by atoms with E-state index in [0.717, 1.165) is 11.1 Å². The SMILES string of the molecule is C[Si](C)(C)C#Cc1cccc(C(=O)NCc2cccc(CNC(=O)c3cccc(C#C[Si](C)(C)C)n3)c2)n1. The van der Waals surface area contributed by atoms with Crippen LogP contribution in [0.1, 0.15) is 43.5 Å². The van der Waals surface area contributed by atoms with Crippen molar-refractivity contribution in [3.8, 4) is 22.9 Å².